The second-order valence-corrected chi connectivity index (χ2v) is 4.52. The summed E-state index contributed by atoms with van der Waals surface area (Å²) >= 11 is 5.27. The zero-order valence-corrected chi connectivity index (χ0v) is 12.1. The number of carboxylic acids is 2. The van der Waals surface area contributed by atoms with Crippen LogP contribution in [-0.2, 0) is 9.59 Å². The average Bonchev–Trinajstić information content (AvgIpc) is 2.37. The van der Waals surface area contributed by atoms with E-state index in [1.54, 1.807) is 0 Å². The first kappa shape index (κ1) is 17.6. The topological polar surface area (TPSA) is 93.1 Å². The van der Waals surface area contributed by atoms with E-state index in [0.29, 0.717) is 0 Å². The summed E-state index contributed by atoms with van der Waals surface area (Å²) in [5.74, 6) is -3.65. The minimum atomic E-state index is -1.82. The molecule has 0 bridgehead atoms. The molecule has 7 nitrogen and oxygen atoms in total. The Kier molecular flexibility index (Phi) is 8.81. The van der Waals surface area contributed by atoms with Crippen molar-refractivity contribution in [3.05, 3.63) is 0 Å². The minimum Gasteiger partial charge on any atom is -0.473 e. The number of thiocarbonyl (C=S) groups is 1. The van der Waals surface area contributed by atoms with E-state index in [9.17, 15) is 0 Å². The lowest BCUT2D eigenvalue weighted by Gasteiger charge is -2.34. The molecule has 3 N–H and O–H groups in total. The number of carbonyl (C=O) groups is 2. The molecule has 1 saturated heterocycles. The van der Waals surface area contributed by atoms with Crippen LogP contribution in [0.2, 0.25) is 0 Å². The first-order chi connectivity index (χ1) is 8.88. The highest BCUT2D eigenvalue weighted by atomic mass is 32.1. The van der Waals surface area contributed by atoms with Crippen molar-refractivity contribution in [2.24, 2.45) is 0 Å². The van der Waals surface area contributed by atoms with Crippen LogP contribution in [0.25, 0.3) is 0 Å². The molecule has 0 aromatic carbocycles. The molecule has 110 valence electrons. The second kappa shape index (κ2) is 9.51. The molecule has 0 atom stereocenters. The van der Waals surface area contributed by atoms with Gasteiger partial charge in [-0.15, -0.1) is 0 Å². The van der Waals surface area contributed by atoms with Crippen LogP contribution in [0.3, 0.4) is 0 Å². The Labute approximate surface area is 118 Å². The van der Waals surface area contributed by atoms with Gasteiger partial charge in [-0.3, -0.25) is 0 Å². The van der Waals surface area contributed by atoms with Gasteiger partial charge in [-0.25, -0.2) is 9.59 Å². The van der Waals surface area contributed by atoms with Crippen molar-refractivity contribution < 1.29 is 19.8 Å². The van der Waals surface area contributed by atoms with Gasteiger partial charge in [0.15, 0.2) is 5.11 Å². The predicted octanol–water partition coefficient (Wildman–Crippen LogP) is -0.326. The molecule has 1 rings (SSSR count). The molecule has 0 spiro atoms. The van der Waals surface area contributed by atoms with Gasteiger partial charge in [0.25, 0.3) is 0 Å². The van der Waals surface area contributed by atoms with Gasteiger partial charge in [0.1, 0.15) is 0 Å². The molecule has 1 heterocycles. The average molecular weight is 291 g/mol. The fourth-order valence-corrected chi connectivity index (χ4v) is 1.64. The van der Waals surface area contributed by atoms with Crippen molar-refractivity contribution in [1.29, 1.82) is 0 Å². The fourth-order valence-electron chi connectivity index (χ4n) is 1.35. The van der Waals surface area contributed by atoms with Crippen molar-refractivity contribution in [3.8, 4) is 0 Å². The summed E-state index contributed by atoms with van der Waals surface area (Å²) in [6.07, 6.45) is 1.13. The number of carboxylic acid groups (broad SMARTS) is 2. The van der Waals surface area contributed by atoms with Crippen molar-refractivity contribution in [1.82, 2.24) is 15.1 Å². The smallest absolute Gasteiger partial charge is 0.414 e. The molecular formula is C11H21N3O4S. The summed E-state index contributed by atoms with van der Waals surface area (Å²) in [5.41, 5.74) is 0. The molecule has 0 aromatic rings. The zero-order valence-electron chi connectivity index (χ0n) is 11.3. The highest BCUT2D eigenvalue weighted by Crippen LogP contribution is 1.99. The van der Waals surface area contributed by atoms with Crippen molar-refractivity contribution >= 4 is 29.3 Å². The van der Waals surface area contributed by atoms with Gasteiger partial charge in [-0.1, -0.05) is 6.92 Å². The lowest BCUT2D eigenvalue weighted by molar-refractivity contribution is -0.159. The summed E-state index contributed by atoms with van der Waals surface area (Å²) < 4.78 is 0. The van der Waals surface area contributed by atoms with Crippen LogP contribution in [-0.4, -0.2) is 76.8 Å². The SMILES string of the molecule is CCCNC(=S)N1CCN(C)CC1.O=C(O)C(=O)O. The van der Waals surface area contributed by atoms with E-state index in [1.165, 1.54) is 0 Å². The molecule has 0 radical (unpaired) electrons. The van der Waals surface area contributed by atoms with E-state index < -0.39 is 11.9 Å². The third-order valence-corrected chi connectivity index (χ3v) is 2.90. The highest BCUT2D eigenvalue weighted by molar-refractivity contribution is 7.80. The number of nitrogens with zero attached hydrogens (tertiary/aromatic N) is 2. The summed E-state index contributed by atoms with van der Waals surface area (Å²) in [5, 5.41) is 19.0. The van der Waals surface area contributed by atoms with E-state index in [-0.39, 0.29) is 0 Å². The maximum Gasteiger partial charge on any atom is 0.414 e. The molecule has 1 fully saturated rings. The fraction of sp³-hybridized carbons (Fsp3) is 0.727. The van der Waals surface area contributed by atoms with Gasteiger partial charge >= 0.3 is 11.9 Å². The number of nitrogens with one attached hydrogen (secondary N) is 1. The predicted molar refractivity (Wildman–Crippen MR) is 75.2 cm³/mol. The van der Waals surface area contributed by atoms with E-state index in [2.05, 4.69) is 29.1 Å². The van der Waals surface area contributed by atoms with Crippen LogP contribution in [0, 0.1) is 0 Å². The van der Waals surface area contributed by atoms with Gasteiger partial charge in [0, 0.05) is 32.7 Å². The summed E-state index contributed by atoms with van der Waals surface area (Å²) in [7, 11) is 2.15. The van der Waals surface area contributed by atoms with Gasteiger partial charge in [-0.2, -0.15) is 0 Å². The van der Waals surface area contributed by atoms with Gasteiger partial charge < -0.3 is 25.3 Å². The number of aliphatic carboxylic acids is 2. The third kappa shape index (κ3) is 8.33. The minimum absolute atomic E-state index is 0.926. The van der Waals surface area contributed by atoms with Crippen LogP contribution in [0.5, 0.6) is 0 Å². The molecule has 0 amide bonds. The van der Waals surface area contributed by atoms with Crippen LogP contribution in [0.15, 0.2) is 0 Å². The number of rotatable bonds is 2. The Morgan fingerprint density at radius 2 is 1.63 bits per heavy atom. The van der Waals surface area contributed by atoms with Crippen LogP contribution in [0.1, 0.15) is 13.3 Å². The second-order valence-electron chi connectivity index (χ2n) is 4.13. The zero-order chi connectivity index (χ0) is 14.8. The Balaban J connectivity index is 0.000000459. The number of piperazine rings is 1. The molecule has 0 aromatic heterocycles. The molecule has 1 aliphatic heterocycles. The Morgan fingerprint density at radius 1 is 1.16 bits per heavy atom. The van der Waals surface area contributed by atoms with Gasteiger partial charge in [-0.05, 0) is 25.7 Å². The van der Waals surface area contributed by atoms with Gasteiger partial charge in [0.2, 0.25) is 0 Å². The molecule has 1 aliphatic rings. The molecule has 0 unspecified atom stereocenters. The quantitative estimate of drug-likeness (QED) is 0.470. The van der Waals surface area contributed by atoms with E-state index >= 15 is 0 Å². The van der Waals surface area contributed by atoms with Crippen molar-refractivity contribution in [2.75, 3.05) is 39.8 Å². The first-order valence-corrected chi connectivity index (χ1v) is 6.46. The Hall–Kier alpha value is -1.41. The van der Waals surface area contributed by atoms with Crippen LogP contribution < -0.4 is 5.32 Å². The molecule has 0 saturated carbocycles. The Bertz CT molecular complexity index is 305. The maximum atomic E-state index is 9.10. The maximum absolute atomic E-state index is 9.10. The molecule has 0 aliphatic carbocycles. The lowest BCUT2D eigenvalue weighted by Crippen LogP contribution is -2.50. The highest BCUT2D eigenvalue weighted by Gasteiger charge is 2.15. The van der Waals surface area contributed by atoms with Gasteiger partial charge in [0.05, 0.1) is 0 Å². The first-order valence-electron chi connectivity index (χ1n) is 6.06. The summed E-state index contributed by atoms with van der Waals surface area (Å²) in [6.45, 7) is 7.50. The third-order valence-electron chi connectivity index (χ3n) is 2.50. The molecular weight excluding hydrogens is 270 g/mol. The number of hydrogen-bond donors (Lipinski definition) is 3. The standard InChI is InChI=1S/C9H19N3S.C2H2O4/c1-3-4-10-9(13)12-7-5-11(2)6-8-12;3-1(4)2(5)6/h3-8H2,1-2H3,(H,10,13);(H,3,4)(H,5,6). The van der Waals surface area contributed by atoms with E-state index in [1.807, 2.05) is 0 Å². The number of likely N-dealkylation sites (N-methyl/N-ethyl adjacent to an activating group) is 1. The number of hydrogen-bond acceptors (Lipinski definition) is 4. The normalized spacial score (nSPS) is 15.2. The lowest BCUT2D eigenvalue weighted by atomic mass is 10.3. The van der Waals surface area contributed by atoms with E-state index in [0.717, 1.165) is 44.3 Å². The molecule has 19 heavy (non-hydrogen) atoms. The summed E-state index contributed by atoms with van der Waals surface area (Å²) in [6, 6.07) is 0. The van der Waals surface area contributed by atoms with Crippen molar-refractivity contribution in [3.63, 3.8) is 0 Å². The van der Waals surface area contributed by atoms with E-state index in [4.69, 9.17) is 32.0 Å². The monoisotopic (exact) mass is 291 g/mol. The van der Waals surface area contributed by atoms with Crippen LogP contribution >= 0.6 is 12.2 Å². The Morgan fingerprint density at radius 3 is 2.00 bits per heavy atom. The molecule has 8 heteroatoms. The largest absolute Gasteiger partial charge is 0.473 e. The summed E-state index contributed by atoms with van der Waals surface area (Å²) in [4.78, 5) is 22.8. The van der Waals surface area contributed by atoms with Crippen LogP contribution in [0.4, 0.5) is 0 Å². The van der Waals surface area contributed by atoms with Crippen molar-refractivity contribution in [2.45, 2.75) is 13.3 Å².